The van der Waals surface area contributed by atoms with E-state index in [1.54, 1.807) is 29.3 Å². The van der Waals surface area contributed by atoms with Crippen LogP contribution in [0.3, 0.4) is 0 Å². The SMILES string of the molecule is CN(c1nccs1)c1ccccc1S(C)(=O)=O. The van der Waals surface area contributed by atoms with Crippen LogP contribution in [0.1, 0.15) is 0 Å². The maximum Gasteiger partial charge on any atom is 0.189 e. The first kappa shape index (κ1) is 12.1. The zero-order valence-corrected chi connectivity index (χ0v) is 11.1. The molecule has 0 saturated heterocycles. The Balaban J connectivity index is 2.53. The standard InChI is InChI=1S/C11H12N2O2S2/c1-13(11-12-7-8-16-11)9-5-3-4-6-10(9)17(2,14)15/h3-8H,1-2H3. The van der Waals surface area contributed by atoms with Crippen molar-refractivity contribution >= 4 is 32.0 Å². The fourth-order valence-electron chi connectivity index (χ4n) is 1.53. The number of sulfone groups is 1. The third-order valence-electron chi connectivity index (χ3n) is 2.33. The number of nitrogens with zero attached hydrogens (tertiary/aromatic N) is 2. The van der Waals surface area contributed by atoms with Gasteiger partial charge in [0.2, 0.25) is 0 Å². The van der Waals surface area contributed by atoms with E-state index in [2.05, 4.69) is 4.98 Å². The highest BCUT2D eigenvalue weighted by molar-refractivity contribution is 7.90. The van der Waals surface area contributed by atoms with E-state index in [4.69, 9.17) is 0 Å². The Hall–Kier alpha value is -1.40. The molecule has 0 N–H and O–H groups in total. The monoisotopic (exact) mass is 268 g/mol. The van der Waals surface area contributed by atoms with Crippen molar-refractivity contribution in [1.29, 1.82) is 0 Å². The van der Waals surface area contributed by atoms with Crippen LogP contribution in [0.2, 0.25) is 0 Å². The molecule has 0 bridgehead atoms. The summed E-state index contributed by atoms with van der Waals surface area (Å²) in [6.07, 6.45) is 2.90. The first-order valence-corrected chi connectivity index (χ1v) is 7.69. The van der Waals surface area contributed by atoms with Crippen LogP contribution in [-0.4, -0.2) is 26.7 Å². The maximum atomic E-state index is 11.7. The van der Waals surface area contributed by atoms with Gasteiger partial charge in [0.15, 0.2) is 15.0 Å². The van der Waals surface area contributed by atoms with Gasteiger partial charge in [-0.3, -0.25) is 0 Å². The fraction of sp³-hybridized carbons (Fsp3) is 0.182. The van der Waals surface area contributed by atoms with E-state index in [0.29, 0.717) is 10.6 Å². The quantitative estimate of drug-likeness (QED) is 0.857. The lowest BCUT2D eigenvalue weighted by Crippen LogP contribution is -2.13. The lowest BCUT2D eigenvalue weighted by molar-refractivity contribution is 0.602. The largest absolute Gasteiger partial charge is 0.320 e. The van der Waals surface area contributed by atoms with Gasteiger partial charge in [0.25, 0.3) is 0 Å². The molecule has 0 radical (unpaired) electrons. The number of hydrogen-bond donors (Lipinski definition) is 0. The molecule has 2 rings (SSSR count). The summed E-state index contributed by atoms with van der Waals surface area (Å²) < 4.78 is 23.4. The number of aromatic nitrogens is 1. The minimum Gasteiger partial charge on any atom is -0.320 e. The van der Waals surface area contributed by atoms with Gasteiger partial charge in [-0.15, -0.1) is 11.3 Å². The van der Waals surface area contributed by atoms with E-state index < -0.39 is 9.84 Å². The van der Waals surface area contributed by atoms with Crippen molar-refractivity contribution in [2.45, 2.75) is 4.90 Å². The molecule has 4 nitrogen and oxygen atoms in total. The molecule has 1 aromatic heterocycles. The number of rotatable bonds is 3. The van der Waals surface area contributed by atoms with Crippen molar-refractivity contribution in [3.05, 3.63) is 35.8 Å². The maximum absolute atomic E-state index is 11.7. The highest BCUT2D eigenvalue weighted by Gasteiger charge is 2.17. The third-order valence-corrected chi connectivity index (χ3v) is 4.32. The van der Waals surface area contributed by atoms with E-state index in [-0.39, 0.29) is 0 Å². The smallest absolute Gasteiger partial charge is 0.189 e. The Bertz CT molecular complexity index is 606. The molecule has 0 aliphatic carbocycles. The van der Waals surface area contributed by atoms with Crippen LogP contribution < -0.4 is 4.90 Å². The van der Waals surface area contributed by atoms with Crippen LogP contribution in [0.15, 0.2) is 40.7 Å². The molecule has 1 aromatic carbocycles. The molecule has 0 fully saturated rings. The lowest BCUT2D eigenvalue weighted by Gasteiger charge is -2.18. The van der Waals surface area contributed by atoms with Gasteiger partial charge in [0.05, 0.1) is 10.6 Å². The first-order chi connectivity index (χ1) is 8.00. The molecule has 90 valence electrons. The molecule has 2 aromatic rings. The molecule has 0 aliphatic heterocycles. The van der Waals surface area contributed by atoms with Crippen LogP contribution in [-0.2, 0) is 9.84 Å². The van der Waals surface area contributed by atoms with Crippen LogP contribution in [0.5, 0.6) is 0 Å². The van der Waals surface area contributed by atoms with Crippen LogP contribution >= 0.6 is 11.3 Å². The van der Waals surface area contributed by atoms with Crippen molar-refractivity contribution in [2.24, 2.45) is 0 Å². The molecule has 0 amide bonds. The van der Waals surface area contributed by atoms with Gasteiger partial charge in [-0.05, 0) is 12.1 Å². The van der Waals surface area contributed by atoms with Crippen LogP contribution in [0.25, 0.3) is 0 Å². The number of thiazole rings is 1. The Morgan fingerprint density at radius 3 is 2.59 bits per heavy atom. The number of anilines is 2. The highest BCUT2D eigenvalue weighted by Crippen LogP contribution is 2.30. The Morgan fingerprint density at radius 2 is 2.00 bits per heavy atom. The minimum atomic E-state index is -3.23. The molecule has 0 aliphatic rings. The topological polar surface area (TPSA) is 50.3 Å². The molecular formula is C11H12N2O2S2. The summed E-state index contributed by atoms with van der Waals surface area (Å²) in [6.45, 7) is 0. The molecule has 0 saturated carbocycles. The minimum absolute atomic E-state index is 0.317. The van der Waals surface area contributed by atoms with Crippen molar-refractivity contribution < 1.29 is 8.42 Å². The van der Waals surface area contributed by atoms with Crippen molar-refractivity contribution in [1.82, 2.24) is 4.98 Å². The van der Waals surface area contributed by atoms with Crippen LogP contribution in [0.4, 0.5) is 10.8 Å². The summed E-state index contributed by atoms with van der Waals surface area (Å²) in [6, 6.07) is 6.91. The molecule has 1 heterocycles. The van der Waals surface area contributed by atoms with Gasteiger partial charge in [-0.25, -0.2) is 13.4 Å². The van der Waals surface area contributed by atoms with E-state index in [9.17, 15) is 8.42 Å². The second kappa shape index (κ2) is 4.46. The van der Waals surface area contributed by atoms with Gasteiger partial charge in [-0.2, -0.15) is 0 Å². The average Bonchev–Trinajstić information content (AvgIpc) is 2.80. The summed E-state index contributed by atoms with van der Waals surface area (Å²) in [4.78, 5) is 6.26. The summed E-state index contributed by atoms with van der Waals surface area (Å²) in [5.74, 6) is 0. The number of hydrogen-bond acceptors (Lipinski definition) is 5. The number of benzene rings is 1. The third kappa shape index (κ3) is 2.48. The first-order valence-electron chi connectivity index (χ1n) is 4.92. The van der Waals surface area contributed by atoms with Crippen molar-refractivity contribution in [3.8, 4) is 0 Å². The second-order valence-corrected chi connectivity index (χ2v) is 6.47. The van der Waals surface area contributed by atoms with E-state index in [0.717, 1.165) is 5.13 Å². The van der Waals surface area contributed by atoms with Gasteiger partial charge >= 0.3 is 0 Å². The predicted molar refractivity (Wildman–Crippen MR) is 69.7 cm³/mol. The summed E-state index contributed by atoms with van der Waals surface area (Å²) >= 11 is 1.47. The molecule has 0 atom stereocenters. The molecule has 6 heteroatoms. The van der Waals surface area contributed by atoms with Gasteiger partial charge < -0.3 is 4.90 Å². The summed E-state index contributed by atoms with van der Waals surface area (Å²) in [5, 5.41) is 2.62. The Kier molecular flexibility index (Phi) is 3.17. The Labute approximate surface area is 104 Å². The van der Waals surface area contributed by atoms with Gasteiger partial charge in [0, 0.05) is 24.9 Å². The van der Waals surface area contributed by atoms with Crippen molar-refractivity contribution in [3.63, 3.8) is 0 Å². The van der Waals surface area contributed by atoms with E-state index in [1.807, 2.05) is 18.5 Å². The normalized spacial score (nSPS) is 11.4. The summed E-state index contributed by atoms with van der Waals surface area (Å²) in [7, 11) is -1.43. The zero-order chi connectivity index (χ0) is 12.5. The Morgan fingerprint density at radius 1 is 1.29 bits per heavy atom. The number of para-hydroxylation sites is 1. The highest BCUT2D eigenvalue weighted by atomic mass is 32.2. The lowest BCUT2D eigenvalue weighted by atomic mass is 10.3. The van der Waals surface area contributed by atoms with E-state index >= 15 is 0 Å². The average molecular weight is 268 g/mol. The fourth-order valence-corrected chi connectivity index (χ4v) is 3.06. The molecule has 17 heavy (non-hydrogen) atoms. The van der Waals surface area contributed by atoms with Gasteiger partial charge in [-0.1, -0.05) is 12.1 Å². The molecule has 0 unspecified atom stereocenters. The zero-order valence-electron chi connectivity index (χ0n) is 9.49. The van der Waals surface area contributed by atoms with Crippen molar-refractivity contribution in [2.75, 3.05) is 18.2 Å². The second-order valence-electron chi connectivity index (χ2n) is 3.61. The van der Waals surface area contributed by atoms with Gasteiger partial charge in [0.1, 0.15) is 0 Å². The van der Waals surface area contributed by atoms with Crippen LogP contribution in [0, 0.1) is 0 Å². The van der Waals surface area contributed by atoms with E-state index in [1.165, 1.54) is 17.6 Å². The molecule has 0 spiro atoms. The summed E-state index contributed by atoms with van der Waals surface area (Å²) in [5.41, 5.74) is 0.643. The predicted octanol–water partition coefficient (Wildman–Crippen LogP) is 2.31. The molecular weight excluding hydrogens is 256 g/mol.